The van der Waals surface area contributed by atoms with E-state index in [0.717, 1.165) is 21.0 Å². The van der Waals surface area contributed by atoms with Crippen molar-refractivity contribution in [2.75, 3.05) is 5.32 Å². The summed E-state index contributed by atoms with van der Waals surface area (Å²) in [4.78, 5) is 29.7. The molecule has 0 saturated carbocycles. The Labute approximate surface area is 149 Å². The van der Waals surface area contributed by atoms with E-state index < -0.39 is 0 Å². The molecule has 0 amide bonds. The molecule has 4 aromatic rings. The van der Waals surface area contributed by atoms with Gasteiger partial charge in [-0.3, -0.25) is 13.9 Å². The van der Waals surface area contributed by atoms with Gasteiger partial charge in [0.1, 0.15) is 5.39 Å². The molecule has 130 valence electrons. The van der Waals surface area contributed by atoms with Gasteiger partial charge in [-0.25, -0.2) is 9.78 Å². The highest BCUT2D eigenvalue weighted by molar-refractivity contribution is 6.06. The monoisotopic (exact) mass is 346 g/mol. The van der Waals surface area contributed by atoms with Crippen LogP contribution in [0.5, 0.6) is 0 Å². The Kier molecular flexibility index (Phi) is 3.80. The van der Waals surface area contributed by atoms with Crippen LogP contribution in [0.3, 0.4) is 0 Å². The fraction of sp³-hybridized carbons (Fsp3) is 0.150. The topological polar surface area (TPSA) is 68.9 Å². The standard InChI is InChI=1S/C20H18N4O2/c1-23-18-16(19(25)24(2)20(23)26)17(14-10-6-7-11-15(14)22-18)21-12-13-8-4-3-5-9-13/h3-11H,12H2,1-2H3,(H,21,22). The predicted molar refractivity (Wildman–Crippen MR) is 103 cm³/mol. The first-order valence-electron chi connectivity index (χ1n) is 8.34. The maximum Gasteiger partial charge on any atom is 0.332 e. The Balaban J connectivity index is 2.04. The molecule has 0 unspecified atom stereocenters. The fourth-order valence-corrected chi connectivity index (χ4v) is 3.18. The Bertz CT molecular complexity index is 1240. The average Bonchev–Trinajstić information content (AvgIpc) is 2.68. The number of anilines is 1. The summed E-state index contributed by atoms with van der Waals surface area (Å²) in [5.74, 6) is 0. The molecule has 26 heavy (non-hydrogen) atoms. The molecular weight excluding hydrogens is 328 g/mol. The summed E-state index contributed by atoms with van der Waals surface area (Å²) in [6.07, 6.45) is 0. The number of rotatable bonds is 3. The molecule has 0 bridgehead atoms. The van der Waals surface area contributed by atoms with Crippen LogP contribution >= 0.6 is 0 Å². The Morgan fingerprint density at radius 2 is 1.62 bits per heavy atom. The van der Waals surface area contributed by atoms with E-state index in [1.807, 2.05) is 54.6 Å². The van der Waals surface area contributed by atoms with Crippen molar-refractivity contribution in [1.29, 1.82) is 0 Å². The van der Waals surface area contributed by atoms with Crippen molar-refractivity contribution in [3.63, 3.8) is 0 Å². The van der Waals surface area contributed by atoms with E-state index in [0.29, 0.717) is 23.3 Å². The zero-order valence-electron chi connectivity index (χ0n) is 14.6. The highest BCUT2D eigenvalue weighted by Crippen LogP contribution is 2.28. The van der Waals surface area contributed by atoms with Gasteiger partial charge in [0.05, 0.1) is 11.2 Å². The van der Waals surface area contributed by atoms with Gasteiger partial charge in [0.25, 0.3) is 5.56 Å². The number of para-hydroxylation sites is 1. The van der Waals surface area contributed by atoms with Gasteiger partial charge in [-0.2, -0.15) is 0 Å². The van der Waals surface area contributed by atoms with Crippen molar-refractivity contribution in [3.05, 3.63) is 81.0 Å². The largest absolute Gasteiger partial charge is 0.380 e. The van der Waals surface area contributed by atoms with Gasteiger partial charge < -0.3 is 5.32 Å². The summed E-state index contributed by atoms with van der Waals surface area (Å²) >= 11 is 0. The molecule has 2 aromatic heterocycles. The second kappa shape index (κ2) is 6.15. The third-order valence-electron chi connectivity index (χ3n) is 4.60. The first kappa shape index (κ1) is 16.1. The number of aryl methyl sites for hydroxylation is 1. The summed E-state index contributed by atoms with van der Waals surface area (Å²) in [5, 5.41) is 4.67. The van der Waals surface area contributed by atoms with Gasteiger partial charge in [0.2, 0.25) is 0 Å². The van der Waals surface area contributed by atoms with Gasteiger partial charge in [-0.15, -0.1) is 0 Å². The second-order valence-electron chi connectivity index (χ2n) is 6.25. The third-order valence-corrected chi connectivity index (χ3v) is 4.60. The normalized spacial score (nSPS) is 11.2. The van der Waals surface area contributed by atoms with Crippen LogP contribution in [0, 0.1) is 0 Å². The Morgan fingerprint density at radius 1 is 0.923 bits per heavy atom. The zero-order chi connectivity index (χ0) is 18.3. The molecule has 0 aliphatic heterocycles. The van der Waals surface area contributed by atoms with Gasteiger partial charge >= 0.3 is 5.69 Å². The molecule has 6 heteroatoms. The van der Waals surface area contributed by atoms with Crippen LogP contribution < -0.4 is 16.6 Å². The van der Waals surface area contributed by atoms with E-state index in [9.17, 15) is 9.59 Å². The molecule has 0 aliphatic rings. The number of nitrogens with zero attached hydrogens (tertiary/aromatic N) is 3. The molecular formula is C20H18N4O2. The van der Waals surface area contributed by atoms with Gasteiger partial charge in [-0.05, 0) is 11.6 Å². The van der Waals surface area contributed by atoms with Crippen LogP contribution in [0.1, 0.15) is 5.56 Å². The molecule has 0 aliphatic carbocycles. The van der Waals surface area contributed by atoms with E-state index in [2.05, 4.69) is 10.3 Å². The minimum absolute atomic E-state index is 0.350. The summed E-state index contributed by atoms with van der Waals surface area (Å²) in [6, 6.07) is 17.6. The Hall–Kier alpha value is -3.41. The number of aromatic nitrogens is 3. The molecule has 0 saturated heterocycles. The average molecular weight is 346 g/mol. The number of pyridine rings is 1. The highest BCUT2D eigenvalue weighted by atomic mass is 16.2. The SMILES string of the molecule is Cn1c(=O)c2c(NCc3ccccc3)c3ccccc3nc2n(C)c1=O. The lowest BCUT2D eigenvalue weighted by atomic mass is 10.1. The van der Waals surface area contributed by atoms with E-state index in [4.69, 9.17) is 0 Å². The highest BCUT2D eigenvalue weighted by Gasteiger charge is 2.17. The van der Waals surface area contributed by atoms with Crippen LogP contribution in [-0.4, -0.2) is 14.1 Å². The summed E-state index contributed by atoms with van der Waals surface area (Å²) in [7, 11) is 3.12. The van der Waals surface area contributed by atoms with E-state index in [-0.39, 0.29) is 11.2 Å². The molecule has 4 rings (SSSR count). The first-order valence-corrected chi connectivity index (χ1v) is 8.34. The second-order valence-corrected chi connectivity index (χ2v) is 6.25. The zero-order valence-corrected chi connectivity index (χ0v) is 14.6. The van der Waals surface area contributed by atoms with Crippen LogP contribution in [0.25, 0.3) is 21.9 Å². The molecule has 2 heterocycles. The van der Waals surface area contributed by atoms with Crippen molar-refractivity contribution in [2.24, 2.45) is 14.1 Å². The quantitative estimate of drug-likeness (QED) is 0.579. The minimum Gasteiger partial charge on any atom is -0.380 e. The lowest BCUT2D eigenvalue weighted by molar-refractivity contribution is 0.709. The van der Waals surface area contributed by atoms with Crippen molar-refractivity contribution >= 4 is 27.6 Å². The molecule has 1 N–H and O–H groups in total. The molecule has 0 atom stereocenters. The number of hydrogen-bond donors (Lipinski definition) is 1. The number of hydrogen-bond acceptors (Lipinski definition) is 4. The van der Waals surface area contributed by atoms with Crippen molar-refractivity contribution in [2.45, 2.75) is 6.54 Å². The number of fused-ring (bicyclic) bond motifs is 2. The van der Waals surface area contributed by atoms with Crippen molar-refractivity contribution in [3.8, 4) is 0 Å². The van der Waals surface area contributed by atoms with Crippen molar-refractivity contribution in [1.82, 2.24) is 14.1 Å². The van der Waals surface area contributed by atoms with Crippen LogP contribution in [-0.2, 0) is 20.6 Å². The fourth-order valence-electron chi connectivity index (χ4n) is 3.18. The number of benzene rings is 2. The summed E-state index contributed by atoms with van der Waals surface area (Å²) in [6.45, 7) is 0.565. The summed E-state index contributed by atoms with van der Waals surface area (Å²) in [5.41, 5.74) is 2.18. The maximum atomic E-state index is 12.8. The van der Waals surface area contributed by atoms with Gasteiger partial charge in [0, 0.05) is 26.0 Å². The predicted octanol–water partition coefficient (Wildman–Crippen LogP) is 2.40. The van der Waals surface area contributed by atoms with E-state index in [1.165, 1.54) is 11.6 Å². The Morgan fingerprint density at radius 3 is 2.38 bits per heavy atom. The third kappa shape index (κ3) is 2.47. The van der Waals surface area contributed by atoms with Gasteiger partial charge in [-0.1, -0.05) is 48.5 Å². The van der Waals surface area contributed by atoms with Gasteiger partial charge in [0.15, 0.2) is 5.65 Å². The molecule has 0 spiro atoms. The summed E-state index contributed by atoms with van der Waals surface area (Å²) < 4.78 is 2.53. The van der Waals surface area contributed by atoms with E-state index in [1.54, 1.807) is 7.05 Å². The molecule has 0 radical (unpaired) electrons. The maximum absolute atomic E-state index is 12.8. The van der Waals surface area contributed by atoms with E-state index >= 15 is 0 Å². The smallest absolute Gasteiger partial charge is 0.332 e. The molecule has 6 nitrogen and oxygen atoms in total. The minimum atomic E-state index is -0.390. The van der Waals surface area contributed by atoms with Crippen molar-refractivity contribution < 1.29 is 0 Å². The lowest BCUT2D eigenvalue weighted by Gasteiger charge is -2.15. The molecule has 0 fully saturated rings. The molecule has 2 aromatic carbocycles. The number of nitrogens with one attached hydrogen (secondary N) is 1. The first-order chi connectivity index (χ1) is 12.6. The van der Waals surface area contributed by atoms with Crippen LogP contribution in [0.4, 0.5) is 5.69 Å². The van der Waals surface area contributed by atoms with Crippen LogP contribution in [0.15, 0.2) is 64.2 Å². The lowest BCUT2D eigenvalue weighted by Crippen LogP contribution is -2.37. The van der Waals surface area contributed by atoms with Crippen LogP contribution in [0.2, 0.25) is 0 Å².